The molecule has 0 aliphatic rings. The summed E-state index contributed by atoms with van der Waals surface area (Å²) in [6.07, 6.45) is 5.11. The summed E-state index contributed by atoms with van der Waals surface area (Å²) in [5.74, 6) is 0.750. The van der Waals surface area contributed by atoms with E-state index in [-0.39, 0.29) is 0 Å². The molecule has 2 unspecified atom stereocenters. The van der Waals surface area contributed by atoms with Crippen molar-refractivity contribution < 1.29 is 0 Å². The largest absolute Gasteiger partial charge is 0.316 e. The molecular formula is C16H27N. The number of rotatable bonds is 7. The van der Waals surface area contributed by atoms with Crippen LogP contribution in [0.4, 0.5) is 0 Å². The van der Waals surface area contributed by atoms with Crippen molar-refractivity contribution in [1.29, 1.82) is 0 Å². The summed E-state index contributed by atoms with van der Waals surface area (Å²) >= 11 is 0. The molecule has 0 aliphatic heterocycles. The highest BCUT2D eigenvalue weighted by molar-refractivity contribution is 5.23. The molecule has 96 valence electrons. The van der Waals surface area contributed by atoms with E-state index in [1.165, 1.54) is 30.4 Å². The number of unbranched alkanes of at least 4 members (excludes halogenated alkanes) is 1. The zero-order chi connectivity index (χ0) is 12.7. The van der Waals surface area contributed by atoms with Crippen molar-refractivity contribution in [3.8, 4) is 0 Å². The maximum Gasteiger partial charge on any atom is 0.0130 e. The minimum absolute atomic E-state index is 0.600. The van der Waals surface area contributed by atoms with E-state index in [9.17, 15) is 0 Å². The van der Waals surface area contributed by atoms with Crippen molar-refractivity contribution >= 4 is 0 Å². The van der Waals surface area contributed by atoms with Gasteiger partial charge in [0.05, 0.1) is 0 Å². The molecule has 1 aromatic rings. The van der Waals surface area contributed by atoms with Gasteiger partial charge in [0.15, 0.2) is 0 Å². The van der Waals surface area contributed by atoms with Crippen LogP contribution in [0.25, 0.3) is 0 Å². The standard InChI is InChI=1S/C16H27N/c1-5-6-9-14(3)16(17-4)12-15-10-7-8-13(2)11-15/h7-8,10-11,14,16-17H,5-6,9,12H2,1-4H3. The predicted octanol–water partition coefficient (Wildman–Crippen LogP) is 3.95. The number of aryl methyl sites for hydroxylation is 1. The van der Waals surface area contributed by atoms with Crippen LogP contribution in [0.5, 0.6) is 0 Å². The topological polar surface area (TPSA) is 12.0 Å². The molecule has 0 aliphatic carbocycles. The Balaban J connectivity index is 2.56. The molecule has 0 saturated carbocycles. The fraction of sp³-hybridized carbons (Fsp3) is 0.625. The summed E-state index contributed by atoms with van der Waals surface area (Å²) in [6, 6.07) is 9.47. The van der Waals surface area contributed by atoms with Gasteiger partial charge in [-0.3, -0.25) is 0 Å². The van der Waals surface area contributed by atoms with Gasteiger partial charge in [-0.2, -0.15) is 0 Å². The normalized spacial score (nSPS) is 14.6. The highest BCUT2D eigenvalue weighted by Crippen LogP contribution is 2.16. The second-order valence-corrected chi connectivity index (χ2v) is 5.21. The Labute approximate surface area is 107 Å². The molecular weight excluding hydrogens is 206 g/mol. The van der Waals surface area contributed by atoms with Crippen molar-refractivity contribution in [2.45, 2.75) is 52.5 Å². The van der Waals surface area contributed by atoms with Gasteiger partial charge >= 0.3 is 0 Å². The highest BCUT2D eigenvalue weighted by Gasteiger charge is 2.15. The van der Waals surface area contributed by atoms with Crippen LogP contribution in [-0.4, -0.2) is 13.1 Å². The highest BCUT2D eigenvalue weighted by atomic mass is 14.9. The smallest absolute Gasteiger partial charge is 0.0130 e. The van der Waals surface area contributed by atoms with Crippen molar-refractivity contribution in [3.05, 3.63) is 35.4 Å². The van der Waals surface area contributed by atoms with Gasteiger partial charge in [0.25, 0.3) is 0 Å². The lowest BCUT2D eigenvalue weighted by Gasteiger charge is -2.23. The average Bonchev–Trinajstić information content (AvgIpc) is 2.33. The van der Waals surface area contributed by atoms with Crippen molar-refractivity contribution in [2.75, 3.05) is 7.05 Å². The predicted molar refractivity (Wildman–Crippen MR) is 76.4 cm³/mol. The number of benzene rings is 1. The van der Waals surface area contributed by atoms with Crippen molar-refractivity contribution in [2.24, 2.45) is 5.92 Å². The molecule has 0 radical (unpaired) electrons. The van der Waals surface area contributed by atoms with E-state index in [4.69, 9.17) is 0 Å². The second-order valence-electron chi connectivity index (χ2n) is 5.21. The van der Waals surface area contributed by atoms with Crippen LogP contribution < -0.4 is 5.32 Å². The van der Waals surface area contributed by atoms with E-state index >= 15 is 0 Å². The second kappa shape index (κ2) is 7.50. The van der Waals surface area contributed by atoms with Crippen LogP contribution in [0.15, 0.2) is 24.3 Å². The summed E-state index contributed by atoms with van der Waals surface area (Å²) in [6.45, 7) is 6.80. The summed E-state index contributed by atoms with van der Waals surface area (Å²) < 4.78 is 0. The van der Waals surface area contributed by atoms with Gasteiger partial charge in [-0.05, 0) is 38.3 Å². The molecule has 0 amide bonds. The Hall–Kier alpha value is -0.820. The molecule has 1 rings (SSSR count). The molecule has 2 atom stereocenters. The molecule has 17 heavy (non-hydrogen) atoms. The number of hydrogen-bond donors (Lipinski definition) is 1. The third-order valence-electron chi connectivity index (χ3n) is 3.61. The van der Waals surface area contributed by atoms with Gasteiger partial charge < -0.3 is 5.32 Å². The monoisotopic (exact) mass is 233 g/mol. The summed E-state index contributed by atoms with van der Waals surface area (Å²) in [5, 5.41) is 3.48. The third kappa shape index (κ3) is 4.91. The quantitative estimate of drug-likeness (QED) is 0.752. The molecule has 0 aromatic heterocycles. The summed E-state index contributed by atoms with van der Waals surface area (Å²) in [7, 11) is 2.09. The maximum absolute atomic E-state index is 3.48. The number of nitrogens with one attached hydrogen (secondary N) is 1. The lowest BCUT2D eigenvalue weighted by atomic mass is 9.90. The Bertz CT molecular complexity index is 319. The molecule has 0 heterocycles. The number of hydrogen-bond acceptors (Lipinski definition) is 1. The first-order valence-corrected chi connectivity index (χ1v) is 6.90. The Kier molecular flexibility index (Phi) is 6.28. The van der Waals surface area contributed by atoms with Gasteiger partial charge in [0, 0.05) is 6.04 Å². The van der Waals surface area contributed by atoms with Crippen molar-refractivity contribution in [1.82, 2.24) is 5.32 Å². The van der Waals surface area contributed by atoms with Crippen molar-refractivity contribution in [3.63, 3.8) is 0 Å². The molecule has 0 saturated heterocycles. The molecule has 1 heteroatoms. The van der Waals surface area contributed by atoms with Crippen LogP contribution in [0.1, 0.15) is 44.2 Å². The van der Waals surface area contributed by atoms with Crippen LogP contribution in [0.2, 0.25) is 0 Å². The van der Waals surface area contributed by atoms with E-state index < -0.39 is 0 Å². The third-order valence-corrected chi connectivity index (χ3v) is 3.61. The van der Waals surface area contributed by atoms with Crippen LogP contribution >= 0.6 is 0 Å². The molecule has 1 aromatic carbocycles. The first kappa shape index (κ1) is 14.2. The van der Waals surface area contributed by atoms with E-state index in [0.29, 0.717) is 6.04 Å². The summed E-state index contributed by atoms with van der Waals surface area (Å²) in [5.41, 5.74) is 2.81. The molecule has 0 bridgehead atoms. The van der Waals surface area contributed by atoms with Gasteiger partial charge in [-0.25, -0.2) is 0 Å². The fourth-order valence-corrected chi connectivity index (χ4v) is 2.41. The fourth-order valence-electron chi connectivity index (χ4n) is 2.41. The van der Waals surface area contributed by atoms with Gasteiger partial charge in [-0.15, -0.1) is 0 Å². The van der Waals surface area contributed by atoms with E-state index in [1.807, 2.05) is 0 Å². The first-order chi connectivity index (χ1) is 8.17. The van der Waals surface area contributed by atoms with Gasteiger partial charge in [0.1, 0.15) is 0 Å². The van der Waals surface area contributed by atoms with E-state index in [0.717, 1.165) is 12.3 Å². The van der Waals surface area contributed by atoms with Crippen LogP contribution in [-0.2, 0) is 6.42 Å². The Morgan fingerprint density at radius 3 is 2.65 bits per heavy atom. The van der Waals surface area contributed by atoms with Gasteiger partial charge in [0.2, 0.25) is 0 Å². The first-order valence-electron chi connectivity index (χ1n) is 6.90. The Morgan fingerprint density at radius 2 is 2.06 bits per heavy atom. The lowest BCUT2D eigenvalue weighted by Crippen LogP contribution is -2.34. The SMILES string of the molecule is CCCCC(C)C(Cc1cccc(C)c1)NC. The Morgan fingerprint density at radius 1 is 1.29 bits per heavy atom. The van der Waals surface area contributed by atoms with Gasteiger partial charge in [-0.1, -0.05) is 56.5 Å². The minimum Gasteiger partial charge on any atom is -0.316 e. The zero-order valence-electron chi connectivity index (χ0n) is 11.8. The summed E-state index contributed by atoms with van der Waals surface area (Å²) in [4.78, 5) is 0. The number of likely N-dealkylation sites (N-methyl/N-ethyl adjacent to an activating group) is 1. The zero-order valence-corrected chi connectivity index (χ0v) is 11.8. The van der Waals surface area contributed by atoms with E-state index in [2.05, 4.69) is 57.4 Å². The maximum atomic E-state index is 3.48. The van der Waals surface area contributed by atoms with Crippen LogP contribution in [0.3, 0.4) is 0 Å². The molecule has 0 fully saturated rings. The molecule has 0 spiro atoms. The lowest BCUT2D eigenvalue weighted by molar-refractivity contribution is 0.365. The minimum atomic E-state index is 0.600. The van der Waals surface area contributed by atoms with Crippen LogP contribution in [0, 0.1) is 12.8 Å². The average molecular weight is 233 g/mol. The van der Waals surface area contributed by atoms with E-state index in [1.54, 1.807) is 0 Å². The molecule has 1 nitrogen and oxygen atoms in total. The molecule has 1 N–H and O–H groups in total.